The van der Waals surface area contributed by atoms with E-state index in [2.05, 4.69) is 14.9 Å². The number of fused-ring (bicyclic) bond motifs is 1. The second kappa shape index (κ2) is 8.75. The van der Waals surface area contributed by atoms with E-state index in [-0.39, 0.29) is 5.91 Å². The quantitative estimate of drug-likeness (QED) is 0.565. The SMILES string of the molecule is CC(=O)N(C)C[C@H]1CCN1CCOc1ccc(Oc2nc3ncccc3s2)cc1. The molecule has 0 spiro atoms. The van der Waals surface area contributed by atoms with Crippen molar-refractivity contribution in [1.29, 1.82) is 0 Å². The number of aromatic nitrogens is 2. The van der Waals surface area contributed by atoms with Gasteiger partial charge >= 0.3 is 0 Å². The van der Waals surface area contributed by atoms with Gasteiger partial charge in [-0.3, -0.25) is 9.69 Å². The number of likely N-dealkylation sites (tertiary alicyclic amines) is 1. The molecule has 2 aromatic heterocycles. The summed E-state index contributed by atoms with van der Waals surface area (Å²) >= 11 is 1.47. The number of hydrogen-bond acceptors (Lipinski definition) is 7. The van der Waals surface area contributed by atoms with Gasteiger partial charge in [-0.15, -0.1) is 0 Å². The largest absolute Gasteiger partial charge is 0.492 e. The molecule has 1 aliphatic rings. The Morgan fingerprint density at radius 2 is 2.07 bits per heavy atom. The number of benzene rings is 1. The van der Waals surface area contributed by atoms with Gasteiger partial charge in [-0.1, -0.05) is 11.3 Å². The van der Waals surface area contributed by atoms with Crippen LogP contribution in [0, 0.1) is 0 Å². The summed E-state index contributed by atoms with van der Waals surface area (Å²) in [4.78, 5) is 24.1. The highest BCUT2D eigenvalue weighted by atomic mass is 32.1. The molecule has 1 aliphatic heterocycles. The lowest BCUT2D eigenvalue weighted by molar-refractivity contribution is -0.129. The molecule has 8 heteroatoms. The number of amides is 1. The van der Waals surface area contributed by atoms with Crippen molar-refractivity contribution in [3.8, 4) is 16.7 Å². The molecule has 0 aliphatic carbocycles. The van der Waals surface area contributed by atoms with Crippen molar-refractivity contribution in [1.82, 2.24) is 19.8 Å². The summed E-state index contributed by atoms with van der Waals surface area (Å²) in [6.45, 7) is 4.91. The van der Waals surface area contributed by atoms with E-state index < -0.39 is 0 Å². The number of likely N-dealkylation sites (N-methyl/N-ethyl adjacent to an activating group) is 1. The molecule has 0 saturated carbocycles. The molecule has 1 saturated heterocycles. The Balaban J connectivity index is 1.24. The van der Waals surface area contributed by atoms with Crippen LogP contribution in [0.1, 0.15) is 13.3 Å². The van der Waals surface area contributed by atoms with Crippen LogP contribution >= 0.6 is 11.3 Å². The first-order chi connectivity index (χ1) is 14.1. The van der Waals surface area contributed by atoms with Crippen LogP contribution in [-0.4, -0.2) is 65.0 Å². The number of ether oxygens (including phenoxy) is 2. The Kier molecular flexibility index (Phi) is 5.92. The topological polar surface area (TPSA) is 67.8 Å². The Morgan fingerprint density at radius 3 is 2.76 bits per heavy atom. The minimum Gasteiger partial charge on any atom is -0.492 e. The molecule has 152 valence electrons. The van der Waals surface area contributed by atoms with Gasteiger partial charge in [-0.2, -0.15) is 4.98 Å². The molecule has 1 amide bonds. The van der Waals surface area contributed by atoms with Crippen LogP contribution in [0.2, 0.25) is 0 Å². The molecule has 0 N–H and O–H groups in total. The van der Waals surface area contributed by atoms with Gasteiger partial charge in [-0.25, -0.2) is 4.98 Å². The maximum absolute atomic E-state index is 11.4. The molecule has 29 heavy (non-hydrogen) atoms. The number of carbonyl (C=O) groups is 1. The van der Waals surface area contributed by atoms with Crippen LogP contribution in [0.5, 0.6) is 16.7 Å². The average Bonchev–Trinajstić information content (AvgIpc) is 3.11. The van der Waals surface area contributed by atoms with Crippen LogP contribution in [0.15, 0.2) is 42.6 Å². The van der Waals surface area contributed by atoms with Crippen molar-refractivity contribution in [2.75, 3.05) is 33.3 Å². The molecular weight excluding hydrogens is 388 g/mol. The molecular formula is C21H24N4O3S. The van der Waals surface area contributed by atoms with Gasteiger partial charge in [0.05, 0.1) is 4.70 Å². The summed E-state index contributed by atoms with van der Waals surface area (Å²) in [7, 11) is 1.85. The van der Waals surface area contributed by atoms with Crippen LogP contribution in [0.25, 0.3) is 10.3 Å². The van der Waals surface area contributed by atoms with Gasteiger partial charge in [0, 0.05) is 45.8 Å². The van der Waals surface area contributed by atoms with Crippen molar-refractivity contribution in [3.05, 3.63) is 42.6 Å². The first kappa shape index (κ1) is 19.6. The van der Waals surface area contributed by atoms with E-state index in [0.29, 0.717) is 29.2 Å². The normalized spacial score (nSPS) is 16.4. The standard InChI is InChI=1S/C21H24N4O3S/c1-15(26)24(2)14-16-9-11-25(16)12-13-27-17-5-7-18(8-6-17)28-21-23-20-19(29-21)4-3-10-22-20/h3-8,10,16H,9,11-14H2,1-2H3/t16-/m1/s1. The van der Waals surface area contributed by atoms with E-state index in [1.807, 2.05) is 43.4 Å². The predicted molar refractivity (Wildman–Crippen MR) is 113 cm³/mol. The Labute approximate surface area is 173 Å². The number of hydrogen-bond donors (Lipinski definition) is 0. The van der Waals surface area contributed by atoms with E-state index in [9.17, 15) is 4.79 Å². The summed E-state index contributed by atoms with van der Waals surface area (Å²) in [5, 5.41) is 0.576. The third-order valence-corrected chi connectivity index (χ3v) is 6.00. The molecule has 4 rings (SSSR count). The number of nitrogens with zero attached hydrogens (tertiary/aromatic N) is 4. The van der Waals surface area contributed by atoms with Gasteiger partial charge in [-0.05, 0) is 42.8 Å². The summed E-state index contributed by atoms with van der Waals surface area (Å²) in [5.41, 5.74) is 0.700. The van der Waals surface area contributed by atoms with Gasteiger partial charge in [0.1, 0.15) is 18.1 Å². The molecule has 3 aromatic rings. The first-order valence-electron chi connectivity index (χ1n) is 9.66. The van der Waals surface area contributed by atoms with Crippen molar-refractivity contribution in [2.45, 2.75) is 19.4 Å². The predicted octanol–water partition coefficient (Wildman–Crippen LogP) is 3.42. The average molecular weight is 413 g/mol. The lowest BCUT2D eigenvalue weighted by Crippen LogP contribution is -2.54. The fourth-order valence-corrected chi connectivity index (χ4v) is 4.01. The highest BCUT2D eigenvalue weighted by Crippen LogP contribution is 2.30. The second-order valence-corrected chi connectivity index (χ2v) is 8.10. The highest BCUT2D eigenvalue weighted by Gasteiger charge is 2.28. The molecule has 0 radical (unpaired) electrons. The van der Waals surface area contributed by atoms with Gasteiger partial charge in [0.2, 0.25) is 5.91 Å². The molecule has 1 aromatic carbocycles. The minimum atomic E-state index is 0.109. The van der Waals surface area contributed by atoms with Crippen molar-refractivity contribution in [2.24, 2.45) is 0 Å². The van der Waals surface area contributed by atoms with Crippen LogP contribution in [0.3, 0.4) is 0 Å². The highest BCUT2D eigenvalue weighted by molar-refractivity contribution is 7.20. The first-order valence-corrected chi connectivity index (χ1v) is 10.5. The molecule has 0 unspecified atom stereocenters. The Morgan fingerprint density at radius 1 is 1.28 bits per heavy atom. The van der Waals surface area contributed by atoms with Crippen LogP contribution in [-0.2, 0) is 4.79 Å². The molecule has 1 atom stereocenters. The second-order valence-electron chi connectivity index (χ2n) is 7.10. The number of pyridine rings is 1. The molecule has 3 heterocycles. The number of carbonyl (C=O) groups excluding carboxylic acids is 1. The van der Waals surface area contributed by atoms with Gasteiger partial charge in [0.25, 0.3) is 5.19 Å². The third-order valence-electron chi connectivity index (χ3n) is 5.11. The lowest BCUT2D eigenvalue weighted by atomic mass is 10.0. The molecule has 0 bridgehead atoms. The van der Waals surface area contributed by atoms with E-state index in [0.717, 1.165) is 36.5 Å². The van der Waals surface area contributed by atoms with E-state index in [1.165, 1.54) is 11.3 Å². The summed E-state index contributed by atoms with van der Waals surface area (Å²) in [6.07, 6.45) is 2.85. The summed E-state index contributed by atoms with van der Waals surface area (Å²) in [6, 6.07) is 11.9. The number of thiazole rings is 1. The third kappa shape index (κ3) is 4.83. The summed E-state index contributed by atoms with van der Waals surface area (Å²) in [5.74, 6) is 1.63. The maximum atomic E-state index is 11.4. The van der Waals surface area contributed by atoms with Gasteiger partial charge < -0.3 is 14.4 Å². The van der Waals surface area contributed by atoms with Crippen LogP contribution in [0.4, 0.5) is 0 Å². The Bertz CT molecular complexity index is 942. The Hall–Kier alpha value is -2.71. The summed E-state index contributed by atoms with van der Waals surface area (Å²) < 4.78 is 12.7. The van der Waals surface area contributed by atoms with E-state index >= 15 is 0 Å². The zero-order valence-electron chi connectivity index (χ0n) is 16.6. The smallest absolute Gasteiger partial charge is 0.281 e. The zero-order valence-corrected chi connectivity index (χ0v) is 17.4. The monoisotopic (exact) mass is 412 g/mol. The van der Waals surface area contributed by atoms with Crippen molar-refractivity contribution >= 4 is 27.6 Å². The molecule has 7 nitrogen and oxygen atoms in total. The maximum Gasteiger partial charge on any atom is 0.281 e. The minimum absolute atomic E-state index is 0.109. The van der Waals surface area contributed by atoms with Crippen molar-refractivity contribution in [3.63, 3.8) is 0 Å². The van der Waals surface area contributed by atoms with Crippen LogP contribution < -0.4 is 9.47 Å². The van der Waals surface area contributed by atoms with E-state index in [1.54, 1.807) is 18.0 Å². The van der Waals surface area contributed by atoms with Gasteiger partial charge in [0.15, 0.2) is 5.65 Å². The van der Waals surface area contributed by atoms with E-state index in [4.69, 9.17) is 9.47 Å². The fraction of sp³-hybridized carbons (Fsp3) is 0.381. The molecule has 1 fully saturated rings. The fourth-order valence-electron chi connectivity index (χ4n) is 3.22. The van der Waals surface area contributed by atoms with Crippen molar-refractivity contribution < 1.29 is 14.3 Å². The lowest BCUT2D eigenvalue weighted by Gasteiger charge is -2.42. The zero-order chi connectivity index (χ0) is 20.2. The number of rotatable bonds is 8.